The van der Waals surface area contributed by atoms with Crippen LogP contribution in [0.5, 0.6) is 0 Å². The van der Waals surface area contributed by atoms with Crippen LogP contribution < -0.4 is 0 Å². The van der Waals surface area contributed by atoms with Gasteiger partial charge in [-0.05, 0) is 38.5 Å². The lowest BCUT2D eigenvalue weighted by Gasteiger charge is -2.44. The van der Waals surface area contributed by atoms with Crippen molar-refractivity contribution in [3.05, 3.63) is 0 Å². The van der Waals surface area contributed by atoms with Gasteiger partial charge in [0, 0.05) is 19.8 Å². The molecule has 2 N–H and O–H groups in total. The van der Waals surface area contributed by atoms with E-state index in [9.17, 15) is 10.2 Å². The Labute approximate surface area is 96.6 Å². The molecule has 2 aliphatic rings. The Hall–Kier alpha value is -0.160. The summed E-state index contributed by atoms with van der Waals surface area (Å²) < 4.78 is 11.2. The lowest BCUT2D eigenvalue weighted by Crippen LogP contribution is -2.48. The molecule has 0 amide bonds. The lowest BCUT2D eigenvalue weighted by atomic mass is 9.77. The predicted molar refractivity (Wildman–Crippen MR) is 59.1 cm³/mol. The molecule has 94 valence electrons. The molecule has 2 saturated heterocycles. The molecule has 0 radical (unpaired) electrons. The van der Waals surface area contributed by atoms with Crippen LogP contribution in [0.1, 0.15) is 32.6 Å². The van der Waals surface area contributed by atoms with E-state index in [2.05, 4.69) is 0 Å². The van der Waals surface area contributed by atoms with Crippen LogP contribution in [0.25, 0.3) is 0 Å². The third-order valence-electron chi connectivity index (χ3n) is 3.91. The highest BCUT2D eigenvalue weighted by Gasteiger charge is 2.41. The van der Waals surface area contributed by atoms with Gasteiger partial charge in [0.15, 0.2) is 0 Å². The minimum Gasteiger partial charge on any atom is -0.391 e. The van der Waals surface area contributed by atoms with E-state index in [4.69, 9.17) is 9.47 Å². The summed E-state index contributed by atoms with van der Waals surface area (Å²) in [6, 6.07) is 0. The van der Waals surface area contributed by atoms with Crippen molar-refractivity contribution < 1.29 is 19.7 Å². The van der Waals surface area contributed by atoms with Crippen molar-refractivity contribution in [3.8, 4) is 0 Å². The number of rotatable bonds is 2. The molecule has 0 saturated carbocycles. The molecule has 0 aromatic rings. The van der Waals surface area contributed by atoms with Crippen LogP contribution >= 0.6 is 0 Å². The molecule has 3 unspecified atom stereocenters. The Morgan fingerprint density at radius 2 is 1.88 bits per heavy atom. The summed E-state index contributed by atoms with van der Waals surface area (Å²) in [4.78, 5) is 0. The Kier molecular flexibility index (Phi) is 3.85. The van der Waals surface area contributed by atoms with E-state index in [-0.39, 0.29) is 11.5 Å². The average molecular weight is 230 g/mol. The van der Waals surface area contributed by atoms with Gasteiger partial charge in [-0.3, -0.25) is 0 Å². The molecule has 16 heavy (non-hydrogen) atoms. The van der Waals surface area contributed by atoms with Crippen molar-refractivity contribution in [2.75, 3.05) is 19.8 Å². The maximum atomic E-state index is 9.93. The zero-order valence-corrected chi connectivity index (χ0v) is 9.89. The molecule has 1 spiro atoms. The predicted octanol–water partition coefficient (Wildman–Crippen LogP) is 0.704. The second kappa shape index (κ2) is 5.00. The molecular weight excluding hydrogens is 208 g/mol. The summed E-state index contributed by atoms with van der Waals surface area (Å²) in [6.07, 6.45) is 2.24. The van der Waals surface area contributed by atoms with E-state index >= 15 is 0 Å². The van der Waals surface area contributed by atoms with Crippen LogP contribution in [0.4, 0.5) is 0 Å². The van der Waals surface area contributed by atoms with Gasteiger partial charge in [-0.1, -0.05) is 0 Å². The topological polar surface area (TPSA) is 58.9 Å². The monoisotopic (exact) mass is 230 g/mol. The normalized spacial score (nSPS) is 33.6. The zero-order chi connectivity index (χ0) is 11.6. The maximum absolute atomic E-state index is 9.93. The van der Waals surface area contributed by atoms with Crippen LogP contribution in [-0.4, -0.2) is 47.8 Å². The molecule has 0 aliphatic carbocycles. The zero-order valence-electron chi connectivity index (χ0n) is 9.89. The van der Waals surface area contributed by atoms with Gasteiger partial charge in [-0.25, -0.2) is 0 Å². The highest BCUT2D eigenvalue weighted by molar-refractivity contribution is 4.91. The number of hydrogen-bond donors (Lipinski definition) is 2. The minimum atomic E-state index is -0.653. The van der Waals surface area contributed by atoms with Crippen molar-refractivity contribution in [1.29, 1.82) is 0 Å². The molecule has 2 heterocycles. The third kappa shape index (κ3) is 2.56. The molecule has 2 fully saturated rings. The molecule has 4 nitrogen and oxygen atoms in total. The van der Waals surface area contributed by atoms with Crippen LogP contribution in [-0.2, 0) is 9.47 Å². The Morgan fingerprint density at radius 3 is 2.50 bits per heavy atom. The van der Waals surface area contributed by atoms with Crippen molar-refractivity contribution in [2.24, 2.45) is 5.92 Å². The summed E-state index contributed by atoms with van der Waals surface area (Å²) in [5.41, 5.74) is -0.100. The average Bonchev–Trinajstić information content (AvgIpc) is 2.29. The minimum absolute atomic E-state index is 0.100. The van der Waals surface area contributed by atoms with E-state index in [1.165, 1.54) is 0 Å². The number of aliphatic hydroxyl groups is 2. The first-order valence-electron chi connectivity index (χ1n) is 6.21. The lowest BCUT2D eigenvalue weighted by molar-refractivity contribution is -0.165. The summed E-state index contributed by atoms with van der Waals surface area (Å²) >= 11 is 0. The SMILES string of the molecule is CC(O)C(O)C1CCOC2(CCOCC2)C1. The third-order valence-corrected chi connectivity index (χ3v) is 3.91. The molecular formula is C12H22O4. The van der Waals surface area contributed by atoms with Gasteiger partial charge in [-0.15, -0.1) is 0 Å². The Morgan fingerprint density at radius 1 is 1.19 bits per heavy atom. The van der Waals surface area contributed by atoms with Crippen LogP contribution in [0.3, 0.4) is 0 Å². The molecule has 4 heteroatoms. The van der Waals surface area contributed by atoms with E-state index in [0.29, 0.717) is 6.61 Å². The molecule has 0 bridgehead atoms. The van der Waals surface area contributed by atoms with Crippen molar-refractivity contribution in [1.82, 2.24) is 0 Å². The molecule has 3 atom stereocenters. The maximum Gasteiger partial charge on any atom is 0.0826 e. The van der Waals surface area contributed by atoms with E-state index in [1.54, 1.807) is 6.92 Å². The van der Waals surface area contributed by atoms with Gasteiger partial charge in [0.1, 0.15) is 0 Å². The second-order valence-electron chi connectivity index (χ2n) is 5.13. The molecule has 2 aliphatic heterocycles. The fourth-order valence-corrected chi connectivity index (χ4v) is 2.84. The fourth-order valence-electron chi connectivity index (χ4n) is 2.84. The van der Waals surface area contributed by atoms with E-state index in [1.807, 2.05) is 0 Å². The smallest absolute Gasteiger partial charge is 0.0826 e. The standard InChI is InChI=1S/C12H22O4/c1-9(13)11(14)10-2-5-16-12(8-10)3-6-15-7-4-12/h9-11,13-14H,2-8H2,1H3. The Bertz CT molecular complexity index is 218. The van der Waals surface area contributed by atoms with Gasteiger partial charge in [0.25, 0.3) is 0 Å². The number of ether oxygens (including phenoxy) is 2. The summed E-state index contributed by atoms with van der Waals surface area (Å²) in [5, 5.41) is 19.4. The summed E-state index contributed by atoms with van der Waals surface area (Å²) in [6.45, 7) is 3.83. The van der Waals surface area contributed by atoms with Gasteiger partial charge in [0.05, 0.1) is 17.8 Å². The van der Waals surface area contributed by atoms with Crippen molar-refractivity contribution >= 4 is 0 Å². The van der Waals surface area contributed by atoms with Crippen LogP contribution in [0, 0.1) is 5.92 Å². The van der Waals surface area contributed by atoms with E-state index in [0.717, 1.165) is 38.9 Å². The van der Waals surface area contributed by atoms with Gasteiger partial charge in [-0.2, -0.15) is 0 Å². The molecule has 0 aromatic heterocycles. The van der Waals surface area contributed by atoms with Crippen molar-refractivity contribution in [2.45, 2.75) is 50.4 Å². The summed E-state index contributed by atoms with van der Waals surface area (Å²) in [5.74, 6) is 0.159. The number of hydrogen-bond acceptors (Lipinski definition) is 4. The van der Waals surface area contributed by atoms with Crippen LogP contribution in [0.15, 0.2) is 0 Å². The van der Waals surface area contributed by atoms with E-state index < -0.39 is 12.2 Å². The quantitative estimate of drug-likeness (QED) is 0.733. The fraction of sp³-hybridized carbons (Fsp3) is 1.00. The Balaban J connectivity index is 1.97. The van der Waals surface area contributed by atoms with Gasteiger partial charge in [0.2, 0.25) is 0 Å². The first-order chi connectivity index (χ1) is 7.63. The molecule has 2 rings (SSSR count). The van der Waals surface area contributed by atoms with Crippen LogP contribution in [0.2, 0.25) is 0 Å². The van der Waals surface area contributed by atoms with Gasteiger partial charge >= 0.3 is 0 Å². The second-order valence-corrected chi connectivity index (χ2v) is 5.13. The molecule has 0 aromatic carbocycles. The first-order valence-corrected chi connectivity index (χ1v) is 6.21. The van der Waals surface area contributed by atoms with Gasteiger partial charge < -0.3 is 19.7 Å². The highest BCUT2D eigenvalue weighted by Crippen LogP contribution is 2.38. The first kappa shape index (κ1) is 12.3. The van der Waals surface area contributed by atoms with Crippen molar-refractivity contribution in [3.63, 3.8) is 0 Å². The largest absolute Gasteiger partial charge is 0.391 e. The summed E-state index contributed by atoms with van der Waals surface area (Å²) in [7, 11) is 0. The highest BCUT2D eigenvalue weighted by atomic mass is 16.5. The number of aliphatic hydroxyl groups excluding tert-OH is 2.